The van der Waals surface area contributed by atoms with Gasteiger partial charge >= 0.3 is 0 Å². The van der Waals surface area contributed by atoms with E-state index in [2.05, 4.69) is 47.6 Å². The molecular weight excluding hydrogens is 326 g/mol. The fraction of sp³-hybridized carbons (Fsp3) is 0.706. The highest BCUT2D eigenvalue weighted by Gasteiger charge is 2.38. The second-order valence-corrected chi connectivity index (χ2v) is 7.25. The Morgan fingerprint density at radius 1 is 1.25 bits per heavy atom. The second-order valence-electron chi connectivity index (χ2n) is 7.25. The number of aromatic nitrogens is 4. The molecule has 2 heterocycles. The lowest BCUT2D eigenvalue weighted by molar-refractivity contribution is 0.229. The van der Waals surface area contributed by atoms with Crippen LogP contribution in [-0.2, 0) is 24.9 Å². The molecule has 1 fully saturated rings. The number of nitrogens with two attached hydrogens (primary N) is 1. The van der Waals surface area contributed by atoms with E-state index in [4.69, 9.17) is 10.3 Å². The predicted molar refractivity (Wildman–Crippen MR) is 95.2 cm³/mol. The smallest absolute Gasteiger partial charge is 0.227 e. The first-order valence-electron chi connectivity index (χ1n) is 8.54. The van der Waals surface area contributed by atoms with Crippen LogP contribution >= 0.6 is 12.4 Å². The van der Waals surface area contributed by atoms with Gasteiger partial charge in [-0.05, 0) is 51.0 Å². The summed E-state index contributed by atoms with van der Waals surface area (Å²) >= 11 is 0. The fourth-order valence-corrected chi connectivity index (χ4v) is 3.19. The highest BCUT2D eigenvalue weighted by molar-refractivity contribution is 5.85. The first-order valence-corrected chi connectivity index (χ1v) is 8.54. The predicted octanol–water partition coefficient (Wildman–Crippen LogP) is 3.08. The molecule has 1 aliphatic rings. The molecule has 0 spiro atoms. The van der Waals surface area contributed by atoms with E-state index in [1.165, 1.54) is 11.3 Å². The van der Waals surface area contributed by atoms with Crippen LogP contribution in [-0.4, -0.2) is 19.9 Å². The van der Waals surface area contributed by atoms with E-state index in [-0.39, 0.29) is 17.9 Å². The average Bonchev–Trinajstić information content (AvgIpc) is 3.01. The van der Waals surface area contributed by atoms with E-state index >= 15 is 0 Å². The van der Waals surface area contributed by atoms with Gasteiger partial charge in [-0.3, -0.25) is 4.68 Å². The first kappa shape index (κ1) is 18.9. The third kappa shape index (κ3) is 3.64. The van der Waals surface area contributed by atoms with Gasteiger partial charge in [0.15, 0.2) is 5.82 Å². The Morgan fingerprint density at radius 3 is 2.54 bits per heavy atom. The first-order chi connectivity index (χ1) is 10.9. The summed E-state index contributed by atoms with van der Waals surface area (Å²) in [5, 5.41) is 8.74. The van der Waals surface area contributed by atoms with Crippen LogP contribution in [0.25, 0.3) is 0 Å². The summed E-state index contributed by atoms with van der Waals surface area (Å²) in [4.78, 5) is 4.50. The summed E-state index contributed by atoms with van der Waals surface area (Å²) in [6, 6.07) is 0. The van der Waals surface area contributed by atoms with Crippen LogP contribution in [0.5, 0.6) is 0 Å². The molecule has 1 saturated carbocycles. The molecule has 134 valence electrons. The molecule has 0 aromatic carbocycles. The zero-order chi connectivity index (χ0) is 16.6. The summed E-state index contributed by atoms with van der Waals surface area (Å²) in [6.07, 6.45) is 4.65. The van der Waals surface area contributed by atoms with Crippen molar-refractivity contribution < 1.29 is 4.52 Å². The quantitative estimate of drug-likeness (QED) is 0.862. The largest absolute Gasteiger partial charge is 0.339 e. The van der Waals surface area contributed by atoms with E-state index in [0.29, 0.717) is 17.6 Å². The lowest BCUT2D eigenvalue weighted by Gasteiger charge is -2.34. The molecule has 24 heavy (non-hydrogen) atoms. The van der Waals surface area contributed by atoms with E-state index in [0.717, 1.165) is 44.3 Å². The number of aryl methyl sites for hydroxylation is 2. The Kier molecular flexibility index (Phi) is 5.71. The number of rotatable bonds is 6. The zero-order valence-corrected chi connectivity index (χ0v) is 15.8. The van der Waals surface area contributed by atoms with Gasteiger partial charge in [0.1, 0.15) is 0 Å². The molecule has 0 unspecified atom stereocenters. The van der Waals surface area contributed by atoms with Crippen molar-refractivity contribution in [3.05, 3.63) is 28.7 Å². The lowest BCUT2D eigenvalue weighted by atomic mass is 9.77. The maximum Gasteiger partial charge on any atom is 0.227 e. The van der Waals surface area contributed by atoms with E-state index < -0.39 is 0 Å². The third-order valence-electron chi connectivity index (χ3n) is 4.82. The summed E-state index contributed by atoms with van der Waals surface area (Å²) < 4.78 is 7.50. The van der Waals surface area contributed by atoms with Crippen molar-refractivity contribution in [2.45, 2.75) is 71.9 Å². The molecular formula is C17H28ClN5O. The van der Waals surface area contributed by atoms with Gasteiger partial charge in [-0.15, -0.1) is 12.4 Å². The third-order valence-corrected chi connectivity index (χ3v) is 4.82. The summed E-state index contributed by atoms with van der Waals surface area (Å²) in [7, 11) is 0. The van der Waals surface area contributed by atoms with Gasteiger partial charge in [0.05, 0.1) is 11.2 Å². The van der Waals surface area contributed by atoms with Crippen LogP contribution in [0.4, 0.5) is 0 Å². The van der Waals surface area contributed by atoms with Crippen LogP contribution < -0.4 is 5.73 Å². The molecule has 0 amide bonds. The topological polar surface area (TPSA) is 82.8 Å². The monoisotopic (exact) mass is 353 g/mol. The lowest BCUT2D eigenvalue weighted by Crippen LogP contribution is -2.44. The van der Waals surface area contributed by atoms with Crippen molar-refractivity contribution in [3.8, 4) is 0 Å². The number of hydrogen-bond donors (Lipinski definition) is 1. The number of nitrogens with zero attached hydrogens (tertiary/aromatic N) is 4. The molecule has 2 aromatic rings. The molecule has 0 saturated heterocycles. The van der Waals surface area contributed by atoms with Gasteiger partial charge in [0.25, 0.3) is 0 Å². The standard InChI is InChI=1S/C17H27N5O.ClH/c1-11(2)10-22-13(4)14(12(3)20-22)6-7-15-19-16(21-23-15)17(18)8-5-9-17;/h11H,5-10,18H2,1-4H3;1H. The normalized spacial score (nSPS) is 16.1. The molecule has 2 aromatic heterocycles. The molecule has 3 rings (SSSR count). The maximum atomic E-state index is 6.24. The molecule has 2 N–H and O–H groups in total. The summed E-state index contributed by atoms with van der Waals surface area (Å²) in [5.74, 6) is 1.93. The molecule has 7 heteroatoms. The van der Waals surface area contributed by atoms with E-state index in [9.17, 15) is 0 Å². The van der Waals surface area contributed by atoms with Crippen molar-refractivity contribution in [1.29, 1.82) is 0 Å². The van der Waals surface area contributed by atoms with Crippen molar-refractivity contribution >= 4 is 12.4 Å². The molecule has 0 atom stereocenters. The minimum Gasteiger partial charge on any atom is -0.339 e. The minimum atomic E-state index is -0.351. The van der Waals surface area contributed by atoms with Crippen LogP contribution in [0.2, 0.25) is 0 Å². The van der Waals surface area contributed by atoms with E-state index in [1.54, 1.807) is 0 Å². The molecule has 6 nitrogen and oxygen atoms in total. The highest BCUT2D eigenvalue weighted by Crippen LogP contribution is 2.36. The maximum absolute atomic E-state index is 6.24. The minimum absolute atomic E-state index is 0. The molecule has 0 bridgehead atoms. The van der Waals surface area contributed by atoms with Crippen molar-refractivity contribution in [2.24, 2.45) is 11.7 Å². The SMILES string of the molecule is Cc1nn(CC(C)C)c(C)c1CCc1nc(C2(N)CCC2)no1.Cl. The molecule has 0 radical (unpaired) electrons. The summed E-state index contributed by atoms with van der Waals surface area (Å²) in [5.41, 5.74) is 9.52. The zero-order valence-electron chi connectivity index (χ0n) is 15.0. The Balaban J connectivity index is 0.00000208. The van der Waals surface area contributed by atoms with Crippen molar-refractivity contribution in [1.82, 2.24) is 19.9 Å². The molecule has 0 aliphatic heterocycles. The van der Waals surface area contributed by atoms with Gasteiger partial charge in [0, 0.05) is 18.7 Å². The van der Waals surface area contributed by atoms with Crippen LogP contribution in [0.15, 0.2) is 4.52 Å². The van der Waals surface area contributed by atoms with Crippen molar-refractivity contribution in [2.75, 3.05) is 0 Å². The Bertz CT molecular complexity index is 687. The molecule has 1 aliphatic carbocycles. The van der Waals surface area contributed by atoms with Gasteiger partial charge in [-0.1, -0.05) is 19.0 Å². The highest BCUT2D eigenvalue weighted by atomic mass is 35.5. The average molecular weight is 354 g/mol. The van der Waals surface area contributed by atoms with Crippen LogP contribution in [0.1, 0.15) is 61.8 Å². The Morgan fingerprint density at radius 2 is 1.96 bits per heavy atom. The summed E-state index contributed by atoms with van der Waals surface area (Å²) in [6.45, 7) is 9.58. The Labute approximate surface area is 149 Å². The number of halogens is 1. The number of hydrogen-bond acceptors (Lipinski definition) is 5. The van der Waals surface area contributed by atoms with Gasteiger partial charge in [0.2, 0.25) is 5.89 Å². The van der Waals surface area contributed by atoms with Crippen LogP contribution in [0.3, 0.4) is 0 Å². The van der Waals surface area contributed by atoms with Gasteiger partial charge in [-0.2, -0.15) is 10.1 Å². The van der Waals surface area contributed by atoms with E-state index in [1.807, 2.05) is 0 Å². The van der Waals surface area contributed by atoms with Crippen molar-refractivity contribution in [3.63, 3.8) is 0 Å². The Hall–Kier alpha value is -1.40. The van der Waals surface area contributed by atoms with Gasteiger partial charge < -0.3 is 10.3 Å². The van der Waals surface area contributed by atoms with Gasteiger partial charge in [-0.25, -0.2) is 0 Å². The van der Waals surface area contributed by atoms with Crippen LogP contribution in [0, 0.1) is 19.8 Å². The second kappa shape index (κ2) is 7.23. The fourth-order valence-electron chi connectivity index (χ4n) is 3.19.